The molecule has 0 aromatic carbocycles. The van der Waals surface area contributed by atoms with Crippen LogP contribution in [0.4, 0.5) is 0 Å². The van der Waals surface area contributed by atoms with Crippen LogP contribution in [0.5, 0.6) is 0 Å². The number of nitrogens with one attached hydrogen (secondary N) is 1. The molecule has 1 amide bonds. The van der Waals surface area contributed by atoms with E-state index in [1.807, 2.05) is 19.1 Å². The molecule has 1 heterocycles. The lowest BCUT2D eigenvalue weighted by atomic mass is 10.2. The first-order chi connectivity index (χ1) is 7.58. The Morgan fingerprint density at radius 2 is 2.19 bits per heavy atom. The standard InChI is InChI=1S/C11H19NO3S/c1-2-3-5-8-12-11(13)10-7-4-6-9-16(10,14)15/h2-3,10H,4-9H2,1H3,(H,12,13)/b3-2+. The maximum atomic E-state index is 11.7. The van der Waals surface area contributed by atoms with Crippen LogP contribution in [0.3, 0.4) is 0 Å². The van der Waals surface area contributed by atoms with Crippen LogP contribution in [-0.2, 0) is 14.6 Å². The Morgan fingerprint density at radius 3 is 2.81 bits per heavy atom. The number of carbonyl (C=O) groups excluding carboxylic acids is 1. The van der Waals surface area contributed by atoms with Crippen molar-refractivity contribution in [2.45, 2.75) is 37.9 Å². The van der Waals surface area contributed by atoms with Crippen molar-refractivity contribution in [3.63, 3.8) is 0 Å². The van der Waals surface area contributed by atoms with Gasteiger partial charge in [-0.3, -0.25) is 4.79 Å². The van der Waals surface area contributed by atoms with Crippen molar-refractivity contribution in [3.05, 3.63) is 12.2 Å². The van der Waals surface area contributed by atoms with Gasteiger partial charge in [-0.15, -0.1) is 0 Å². The van der Waals surface area contributed by atoms with Gasteiger partial charge in [0.05, 0.1) is 5.75 Å². The van der Waals surface area contributed by atoms with E-state index in [0.29, 0.717) is 19.4 Å². The molecule has 0 saturated carbocycles. The molecule has 0 radical (unpaired) electrons. The quantitative estimate of drug-likeness (QED) is 0.594. The first-order valence-corrected chi connectivity index (χ1v) is 7.40. The van der Waals surface area contributed by atoms with Gasteiger partial charge in [-0.25, -0.2) is 8.42 Å². The van der Waals surface area contributed by atoms with Gasteiger partial charge >= 0.3 is 0 Å². The number of sulfone groups is 1. The highest BCUT2D eigenvalue weighted by molar-refractivity contribution is 7.92. The molecule has 0 bridgehead atoms. The molecule has 0 aromatic rings. The van der Waals surface area contributed by atoms with Gasteiger partial charge in [0.15, 0.2) is 9.84 Å². The number of rotatable bonds is 4. The third-order valence-corrected chi connectivity index (χ3v) is 4.89. The zero-order chi connectivity index (χ0) is 12.0. The van der Waals surface area contributed by atoms with Gasteiger partial charge in [-0.05, 0) is 26.2 Å². The minimum Gasteiger partial charge on any atom is -0.355 e. The summed E-state index contributed by atoms with van der Waals surface area (Å²) in [6.07, 6.45) is 6.57. The number of carbonyl (C=O) groups is 1. The molecule has 5 heteroatoms. The van der Waals surface area contributed by atoms with Gasteiger partial charge in [0.25, 0.3) is 0 Å². The number of allylic oxidation sites excluding steroid dienone is 1. The van der Waals surface area contributed by atoms with E-state index in [0.717, 1.165) is 12.8 Å². The van der Waals surface area contributed by atoms with Crippen LogP contribution in [0, 0.1) is 0 Å². The lowest BCUT2D eigenvalue weighted by Gasteiger charge is -2.21. The van der Waals surface area contributed by atoms with E-state index >= 15 is 0 Å². The van der Waals surface area contributed by atoms with Crippen molar-refractivity contribution in [2.75, 3.05) is 12.3 Å². The summed E-state index contributed by atoms with van der Waals surface area (Å²) in [7, 11) is -3.20. The fourth-order valence-corrected chi connectivity index (χ4v) is 3.63. The third-order valence-electron chi connectivity index (χ3n) is 2.72. The number of amides is 1. The highest BCUT2D eigenvalue weighted by Gasteiger charge is 2.34. The second kappa shape index (κ2) is 6.03. The topological polar surface area (TPSA) is 63.2 Å². The molecule has 1 saturated heterocycles. The molecular formula is C11H19NO3S. The molecule has 0 aromatic heterocycles. The summed E-state index contributed by atoms with van der Waals surface area (Å²) < 4.78 is 23.3. The lowest BCUT2D eigenvalue weighted by molar-refractivity contribution is -0.120. The Hall–Kier alpha value is -0.840. The Labute approximate surface area is 97.0 Å². The predicted octanol–water partition coefficient (Wildman–Crippen LogP) is 1.04. The minimum absolute atomic E-state index is 0.153. The predicted molar refractivity (Wildman–Crippen MR) is 63.9 cm³/mol. The Morgan fingerprint density at radius 1 is 1.44 bits per heavy atom. The molecule has 4 nitrogen and oxygen atoms in total. The molecule has 1 fully saturated rings. The fourth-order valence-electron chi connectivity index (χ4n) is 1.81. The first-order valence-electron chi connectivity index (χ1n) is 5.68. The monoisotopic (exact) mass is 245 g/mol. The maximum absolute atomic E-state index is 11.7. The van der Waals surface area contributed by atoms with E-state index in [4.69, 9.17) is 0 Å². The van der Waals surface area contributed by atoms with Gasteiger partial charge in [-0.1, -0.05) is 18.6 Å². The van der Waals surface area contributed by atoms with E-state index in [1.54, 1.807) is 0 Å². The second-order valence-corrected chi connectivity index (χ2v) is 6.30. The Bertz CT molecular complexity index is 359. The van der Waals surface area contributed by atoms with Crippen LogP contribution >= 0.6 is 0 Å². The second-order valence-electron chi connectivity index (χ2n) is 4.00. The molecular weight excluding hydrogens is 226 g/mol. The average Bonchev–Trinajstić information content (AvgIpc) is 2.23. The summed E-state index contributed by atoms with van der Waals surface area (Å²) in [5, 5.41) is 1.86. The van der Waals surface area contributed by atoms with Crippen LogP contribution in [0.2, 0.25) is 0 Å². The molecule has 0 aliphatic carbocycles. The smallest absolute Gasteiger partial charge is 0.238 e. The molecule has 1 aliphatic rings. The van der Waals surface area contributed by atoms with Crippen molar-refractivity contribution < 1.29 is 13.2 Å². The van der Waals surface area contributed by atoms with E-state index in [2.05, 4.69) is 5.32 Å². The van der Waals surface area contributed by atoms with Crippen molar-refractivity contribution >= 4 is 15.7 Å². The molecule has 1 rings (SSSR count). The van der Waals surface area contributed by atoms with E-state index in [-0.39, 0.29) is 11.7 Å². The van der Waals surface area contributed by atoms with Crippen molar-refractivity contribution in [3.8, 4) is 0 Å². The summed E-state index contributed by atoms with van der Waals surface area (Å²) in [5.41, 5.74) is 0. The largest absolute Gasteiger partial charge is 0.355 e. The molecule has 92 valence electrons. The number of hydrogen-bond acceptors (Lipinski definition) is 3. The normalized spacial score (nSPS) is 24.4. The lowest BCUT2D eigenvalue weighted by Crippen LogP contribution is -2.43. The van der Waals surface area contributed by atoms with E-state index in [9.17, 15) is 13.2 Å². The summed E-state index contributed by atoms with van der Waals surface area (Å²) in [4.78, 5) is 11.7. The van der Waals surface area contributed by atoms with Crippen molar-refractivity contribution in [2.24, 2.45) is 0 Å². The van der Waals surface area contributed by atoms with Crippen molar-refractivity contribution in [1.82, 2.24) is 5.32 Å². The third kappa shape index (κ3) is 3.63. The minimum atomic E-state index is -3.20. The maximum Gasteiger partial charge on any atom is 0.238 e. The zero-order valence-corrected chi connectivity index (χ0v) is 10.4. The van der Waals surface area contributed by atoms with Gasteiger partial charge in [0, 0.05) is 6.54 Å². The van der Waals surface area contributed by atoms with Crippen LogP contribution in [0.25, 0.3) is 0 Å². The van der Waals surface area contributed by atoms with E-state index in [1.165, 1.54) is 0 Å². The van der Waals surface area contributed by atoms with Crippen LogP contribution in [0.1, 0.15) is 32.6 Å². The van der Waals surface area contributed by atoms with Gasteiger partial charge < -0.3 is 5.32 Å². The molecule has 1 N–H and O–H groups in total. The molecule has 0 spiro atoms. The van der Waals surface area contributed by atoms with Gasteiger partial charge in [0.1, 0.15) is 5.25 Å². The molecule has 1 atom stereocenters. The SMILES string of the molecule is C/C=C/CCNC(=O)C1CCCCS1(=O)=O. The van der Waals surface area contributed by atoms with Crippen LogP contribution < -0.4 is 5.32 Å². The first kappa shape index (κ1) is 13.2. The Balaban J connectivity index is 2.46. The molecule has 16 heavy (non-hydrogen) atoms. The highest BCUT2D eigenvalue weighted by atomic mass is 32.2. The Kier molecular flexibility index (Phi) is 4.99. The summed E-state index contributed by atoms with van der Waals surface area (Å²) in [5.74, 6) is -0.177. The van der Waals surface area contributed by atoms with Gasteiger partial charge in [0.2, 0.25) is 5.91 Å². The van der Waals surface area contributed by atoms with Crippen LogP contribution in [0.15, 0.2) is 12.2 Å². The molecule has 1 aliphatic heterocycles. The van der Waals surface area contributed by atoms with Gasteiger partial charge in [-0.2, -0.15) is 0 Å². The van der Waals surface area contributed by atoms with Crippen molar-refractivity contribution in [1.29, 1.82) is 0 Å². The highest BCUT2D eigenvalue weighted by Crippen LogP contribution is 2.19. The molecule has 1 unspecified atom stereocenters. The average molecular weight is 245 g/mol. The summed E-state index contributed by atoms with van der Waals surface area (Å²) >= 11 is 0. The summed E-state index contributed by atoms with van der Waals surface area (Å²) in [6.45, 7) is 2.42. The fraction of sp³-hybridized carbons (Fsp3) is 0.727. The summed E-state index contributed by atoms with van der Waals surface area (Å²) in [6, 6.07) is 0. The van der Waals surface area contributed by atoms with E-state index < -0.39 is 15.1 Å². The van der Waals surface area contributed by atoms with Crippen LogP contribution in [-0.4, -0.2) is 31.9 Å². The number of hydrogen-bond donors (Lipinski definition) is 1. The zero-order valence-electron chi connectivity index (χ0n) is 9.61.